The maximum Gasteiger partial charge on any atom is 0.275 e. The first-order valence-electron chi connectivity index (χ1n) is 7.92. The molecule has 0 atom stereocenters. The molecule has 1 aromatic carbocycles. The monoisotopic (exact) mass is 324 g/mol. The lowest BCUT2D eigenvalue weighted by atomic mass is 10.1. The topological polar surface area (TPSA) is 79.7 Å². The van der Waals surface area contributed by atoms with Gasteiger partial charge in [0.15, 0.2) is 5.69 Å². The molecule has 0 aliphatic carbocycles. The number of hydrogen-bond donors (Lipinski definition) is 1. The smallest absolute Gasteiger partial charge is 0.275 e. The van der Waals surface area contributed by atoms with E-state index >= 15 is 0 Å². The molecule has 0 unspecified atom stereocenters. The number of rotatable bonds is 6. The predicted molar refractivity (Wildman–Crippen MR) is 90.0 cm³/mol. The Morgan fingerprint density at radius 2 is 2.17 bits per heavy atom. The van der Waals surface area contributed by atoms with E-state index in [9.17, 15) is 4.79 Å². The van der Waals surface area contributed by atoms with Crippen molar-refractivity contribution >= 4 is 5.91 Å². The average Bonchev–Trinajstić information content (AvgIpc) is 3.30. The molecular weight excluding hydrogens is 304 g/mol. The molecule has 0 aliphatic heterocycles. The van der Waals surface area contributed by atoms with Gasteiger partial charge in [-0.3, -0.25) is 4.79 Å². The highest BCUT2D eigenvalue weighted by Gasteiger charge is 2.17. The molecule has 124 valence electrons. The molecule has 0 saturated heterocycles. The van der Waals surface area contributed by atoms with Crippen molar-refractivity contribution in [2.45, 2.75) is 19.8 Å². The third kappa shape index (κ3) is 3.34. The Kier molecular flexibility index (Phi) is 4.69. The second kappa shape index (κ2) is 7.08. The van der Waals surface area contributed by atoms with E-state index < -0.39 is 0 Å². The maximum absolute atomic E-state index is 12.5. The quantitative estimate of drug-likeness (QED) is 0.750. The molecular formula is C17H20N6O. The molecule has 0 saturated carbocycles. The van der Waals surface area contributed by atoms with Crippen LogP contribution in [-0.4, -0.2) is 49.4 Å². The van der Waals surface area contributed by atoms with Crippen LogP contribution >= 0.6 is 0 Å². The minimum absolute atomic E-state index is 0.144. The van der Waals surface area contributed by atoms with Gasteiger partial charge in [0.2, 0.25) is 0 Å². The number of nitrogens with one attached hydrogen (secondary N) is 1. The zero-order valence-corrected chi connectivity index (χ0v) is 13.8. The van der Waals surface area contributed by atoms with Gasteiger partial charge in [-0.25, -0.2) is 9.67 Å². The first kappa shape index (κ1) is 15.9. The summed E-state index contributed by atoms with van der Waals surface area (Å²) < 4.78 is 1.66. The molecule has 2 heterocycles. The minimum atomic E-state index is -0.144. The number of aryl methyl sites for hydroxylation is 1. The van der Waals surface area contributed by atoms with Crippen molar-refractivity contribution in [2.75, 3.05) is 13.6 Å². The number of imidazole rings is 1. The third-order valence-corrected chi connectivity index (χ3v) is 3.95. The van der Waals surface area contributed by atoms with E-state index in [4.69, 9.17) is 0 Å². The van der Waals surface area contributed by atoms with Gasteiger partial charge in [-0.1, -0.05) is 30.3 Å². The summed E-state index contributed by atoms with van der Waals surface area (Å²) in [6, 6.07) is 7.97. The first-order valence-corrected chi connectivity index (χ1v) is 7.92. The molecule has 1 amide bonds. The molecule has 0 bridgehead atoms. The molecule has 1 N–H and O–H groups in total. The van der Waals surface area contributed by atoms with Crippen LogP contribution in [0.3, 0.4) is 0 Å². The minimum Gasteiger partial charge on any atom is -0.348 e. The number of amides is 1. The number of likely N-dealkylation sites (N-methyl/N-ethyl adjacent to an activating group) is 1. The van der Waals surface area contributed by atoms with E-state index in [1.807, 2.05) is 18.2 Å². The summed E-state index contributed by atoms with van der Waals surface area (Å²) in [4.78, 5) is 21.1. The second-order valence-corrected chi connectivity index (χ2v) is 5.58. The fraction of sp³-hybridized carbons (Fsp3) is 0.294. The SMILES string of the molecule is CCc1ccccc1-n1cc(C(=O)N(C)CCc2cnc[nH]2)nn1. The Balaban J connectivity index is 1.71. The largest absolute Gasteiger partial charge is 0.348 e. The first-order chi connectivity index (χ1) is 11.7. The molecule has 0 fully saturated rings. The van der Waals surface area contributed by atoms with Crippen LogP contribution in [0.2, 0.25) is 0 Å². The van der Waals surface area contributed by atoms with Gasteiger partial charge in [0.25, 0.3) is 5.91 Å². The van der Waals surface area contributed by atoms with Gasteiger partial charge in [0.05, 0.1) is 18.2 Å². The fourth-order valence-electron chi connectivity index (χ4n) is 2.52. The number of para-hydroxylation sites is 1. The third-order valence-electron chi connectivity index (χ3n) is 3.95. The van der Waals surface area contributed by atoms with Crippen LogP contribution in [0.25, 0.3) is 5.69 Å². The predicted octanol–water partition coefficient (Wildman–Crippen LogP) is 1.87. The number of aromatic nitrogens is 5. The lowest BCUT2D eigenvalue weighted by molar-refractivity contribution is 0.0790. The summed E-state index contributed by atoms with van der Waals surface area (Å²) in [5.74, 6) is -0.144. The number of carbonyl (C=O) groups is 1. The van der Waals surface area contributed by atoms with Crippen molar-refractivity contribution in [2.24, 2.45) is 0 Å². The van der Waals surface area contributed by atoms with Crippen LogP contribution in [0.5, 0.6) is 0 Å². The van der Waals surface area contributed by atoms with Crippen LogP contribution in [0.4, 0.5) is 0 Å². The number of benzene rings is 1. The van der Waals surface area contributed by atoms with Crippen molar-refractivity contribution in [3.05, 3.63) is 59.9 Å². The van der Waals surface area contributed by atoms with Crippen LogP contribution in [0, 0.1) is 0 Å². The summed E-state index contributed by atoms with van der Waals surface area (Å²) >= 11 is 0. The summed E-state index contributed by atoms with van der Waals surface area (Å²) in [6.45, 7) is 2.67. The van der Waals surface area contributed by atoms with Crippen molar-refractivity contribution in [1.82, 2.24) is 29.9 Å². The zero-order valence-electron chi connectivity index (χ0n) is 13.8. The van der Waals surface area contributed by atoms with E-state index in [1.165, 1.54) is 0 Å². The molecule has 7 nitrogen and oxygen atoms in total. The average molecular weight is 324 g/mol. The van der Waals surface area contributed by atoms with E-state index in [0.29, 0.717) is 12.2 Å². The van der Waals surface area contributed by atoms with Crippen molar-refractivity contribution in [3.63, 3.8) is 0 Å². The summed E-state index contributed by atoms with van der Waals surface area (Å²) in [5, 5.41) is 8.15. The number of nitrogens with zero attached hydrogens (tertiary/aromatic N) is 5. The summed E-state index contributed by atoms with van der Waals surface area (Å²) in [5.41, 5.74) is 3.45. The van der Waals surface area contributed by atoms with Crippen LogP contribution < -0.4 is 0 Å². The van der Waals surface area contributed by atoms with E-state index in [2.05, 4.69) is 33.3 Å². The highest BCUT2D eigenvalue weighted by atomic mass is 16.2. The molecule has 2 aromatic heterocycles. The normalized spacial score (nSPS) is 10.8. The Bertz CT molecular complexity index is 808. The lowest BCUT2D eigenvalue weighted by Gasteiger charge is -2.14. The number of carbonyl (C=O) groups excluding carboxylic acids is 1. The van der Waals surface area contributed by atoms with Crippen LogP contribution in [-0.2, 0) is 12.8 Å². The molecule has 0 radical (unpaired) electrons. The van der Waals surface area contributed by atoms with Crippen LogP contribution in [0.15, 0.2) is 43.0 Å². The Hall–Kier alpha value is -2.96. The zero-order chi connectivity index (χ0) is 16.9. The number of H-pyrrole nitrogens is 1. The molecule has 0 aliphatic rings. The van der Waals surface area contributed by atoms with Gasteiger partial charge >= 0.3 is 0 Å². The van der Waals surface area contributed by atoms with E-state index in [1.54, 1.807) is 35.4 Å². The molecule has 3 rings (SSSR count). The summed E-state index contributed by atoms with van der Waals surface area (Å²) in [6.07, 6.45) is 6.69. The highest BCUT2D eigenvalue weighted by molar-refractivity contribution is 5.91. The van der Waals surface area contributed by atoms with E-state index in [-0.39, 0.29) is 5.91 Å². The molecule has 3 aromatic rings. The second-order valence-electron chi connectivity index (χ2n) is 5.58. The molecule has 0 spiro atoms. The van der Waals surface area contributed by atoms with Gasteiger partial charge < -0.3 is 9.88 Å². The Morgan fingerprint density at radius 3 is 2.92 bits per heavy atom. The van der Waals surface area contributed by atoms with Crippen molar-refractivity contribution < 1.29 is 4.79 Å². The standard InChI is InChI=1S/C17H20N6O/c1-3-13-6-4-5-7-16(13)23-11-15(20-21-23)17(24)22(2)9-8-14-10-18-12-19-14/h4-7,10-12H,3,8-9H2,1-2H3,(H,18,19). The van der Waals surface area contributed by atoms with Gasteiger partial charge in [-0.15, -0.1) is 5.10 Å². The molecule has 7 heteroatoms. The Morgan fingerprint density at radius 1 is 1.33 bits per heavy atom. The highest BCUT2D eigenvalue weighted by Crippen LogP contribution is 2.14. The van der Waals surface area contributed by atoms with Gasteiger partial charge in [0, 0.05) is 31.9 Å². The van der Waals surface area contributed by atoms with E-state index in [0.717, 1.165) is 29.8 Å². The number of aromatic amines is 1. The number of hydrogen-bond acceptors (Lipinski definition) is 4. The fourth-order valence-corrected chi connectivity index (χ4v) is 2.52. The van der Waals surface area contributed by atoms with Gasteiger partial charge in [0.1, 0.15) is 0 Å². The Labute approximate surface area is 140 Å². The molecule has 24 heavy (non-hydrogen) atoms. The van der Waals surface area contributed by atoms with Gasteiger partial charge in [-0.2, -0.15) is 0 Å². The van der Waals surface area contributed by atoms with Crippen molar-refractivity contribution in [3.8, 4) is 5.69 Å². The van der Waals surface area contributed by atoms with Crippen molar-refractivity contribution in [1.29, 1.82) is 0 Å². The lowest BCUT2D eigenvalue weighted by Crippen LogP contribution is -2.29. The maximum atomic E-state index is 12.5. The van der Waals surface area contributed by atoms with Crippen LogP contribution in [0.1, 0.15) is 28.7 Å². The summed E-state index contributed by atoms with van der Waals surface area (Å²) in [7, 11) is 1.76. The van der Waals surface area contributed by atoms with Gasteiger partial charge in [-0.05, 0) is 18.1 Å².